The van der Waals surface area contributed by atoms with Gasteiger partial charge in [-0.3, -0.25) is 0 Å². The molecule has 1 unspecified atom stereocenters. The molecule has 6 heteroatoms. The maximum atomic E-state index is 12.3. The summed E-state index contributed by atoms with van der Waals surface area (Å²) in [4.78, 5) is 17.6. The third-order valence-corrected chi connectivity index (χ3v) is 5.51. The van der Waals surface area contributed by atoms with Crippen molar-refractivity contribution in [1.29, 1.82) is 0 Å². The Morgan fingerprint density at radius 3 is 1.93 bits per heavy atom. The maximum Gasteiger partial charge on any atom is 0.348 e. The topological polar surface area (TPSA) is 68.7 Å². The fourth-order valence-electron chi connectivity index (χ4n) is 3.09. The molecule has 27 heavy (non-hydrogen) atoms. The summed E-state index contributed by atoms with van der Waals surface area (Å²) in [6, 6.07) is 18.5. The highest BCUT2D eigenvalue weighted by Gasteiger charge is 2.49. The first-order chi connectivity index (χ1) is 13.0. The number of aliphatic carboxylic acids is 1. The minimum atomic E-state index is -1.33. The lowest BCUT2D eigenvalue weighted by atomic mass is 9.81. The molecule has 0 spiro atoms. The van der Waals surface area contributed by atoms with Gasteiger partial charge in [0, 0.05) is 12.0 Å². The second-order valence-electron chi connectivity index (χ2n) is 6.13. The quantitative estimate of drug-likeness (QED) is 0.663. The Kier molecular flexibility index (Phi) is 5.58. The molecule has 0 bridgehead atoms. The number of carboxylic acid groups (broad SMARTS) is 1. The van der Waals surface area contributed by atoms with Gasteiger partial charge in [0.2, 0.25) is 6.10 Å². The van der Waals surface area contributed by atoms with Gasteiger partial charge in [-0.15, -0.1) is 0 Å². The summed E-state index contributed by atoms with van der Waals surface area (Å²) in [5.41, 5.74) is 0.871. The molecule has 140 valence electrons. The zero-order valence-electron chi connectivity index (χ0n) is 15.4. The van der Waals surface area contributed by atoms with Crippen LogP contribution in [-0.4, -0.2) is 29.3 Å². The Labute approximate surface area is 162 Å². The number of aryl methyl sites for hydroxylation is 2. The lowest BCUT2D eigenvalue weighted by Gasteiger charge is -2.37. The van der Waals surface area contributed by atoms with Crippen LogP contribution in [0.1, 0.15) is 21.7 Å². The van der Waals surface area contributed by atoms with Crippen LogP contribution in [0.15, 0.2) is 60.7 Å². The van der Waals surface area contributed by atoms with Crippen LogP contribution >= 0.6 is 11.3 Å². The van der Waals surface area contributed by atoms with Gasteiger partial charge in [0.05, 0.1) is 5.69 Å². The molecule has 2 aromatic carbocycles. The van der Waals surface area contributed by atoms with Crippen molar-refractivity contribution in [1.82, 2.24) is 4.98 Å². The van der Waals surface area contributed by atoms with Gasteiger partial charge in [-0.2, -0.15) is 0 Å². The van der Waals surface area contributed by atoms with Gasteiger partial charge in [0.15, 0.2) is 5.60 Å². The van der Waals surface area contributed by atoms with Crippen molar-refractivity contribution >= 4 is 17.3 Å². The van der Waals surface area contributed by atoms with E-state index in [2.05, 4.69) is 4.98 Å². The molecule has 0 aliphatic heterocycles. The van der Waals surface area contributed by atoms with Crippen LogP contribution in [-0.2, 0) is 15.1 Å². The molecular weight excluding hydrogens is 362 g/mol. The van der Waals surface area contributed by atoms with Gasteiger partial charge in [0.1, 0.15) is 0 Å². The van der Waals surface area contributed by atoms with Crippen molar-refractivity contribution in [2.45, 2.75) is 25.6 Å². The molecule has 0 amide bonds. The van der Waals surface area contributed by atoms with Crippen LogP contribution in [0.4, 0.5) is 0 Å². The van der Waals surface area contributed by atoms with Gasteiger partial charge in [-0.1, -0.05) is 72.0 Å². The summed E-state index contributed by atoms with van der Waals surface area (Å²) in [5, 5.41) is 10.4. The summed E-state index contributed by atoms with van der Waals surface area (Å²) in [7, 11) is 1.50. The number of rotatable bonds is 7. The molecule has 0 saturated carbocycles. The van der Waals surface area contributed by atoms with E-state index in [-0.39, 0.29) is 0 Å². The Morgan fingerprint density at radius 1 is 1.04 bits per heavy atom. The maximum absolute atomic E-state index is 12.3. The predicted octanol–water partition coefficient (Wildman–Crippen LogP) is 4.18. The number of hydrogen-bond donors (Lipinski definition) is 1. The molecule has 0 aliphatic carbocycles. The van der Waals surface area contributed by atoms with E-state index in [1.807, 2.05) is 74.5 Å². The molecule has 1 aromatic heterocycles. The van der Waals surface area contributed by atoms with E-state index in [1.54, 1.807) is 0 Å². The van der Waals surface area contributed by atoms with Gasteiger partial charge >= 0.3 is 5.97 Å². The van der Waals surface area contributed by atoms with Crippen molar-refractivity contribution in [3.8, 4) is 5.19 Å². The Hall–Kier alpha value is -2.70. The second-order valence-corrected chi connectivity index (χ2v) is 7.30. The number of methoxy groups -OCH3 is 1. The van der Waals surface area contributed by atoms with Gasteiger partial charge in [-0.25, -0.2) is 9.78 Å². The number of aromatic nitrogens is 1. The van der Waals surface area contributed by atoms with Crippen LogP contribution in [0.2, 0.25) is 0 Å². The molecule has 5 nitrogen and oxygen atoms in total. The largest absolute Gasteiger partial charge is 0.478 e. The van der Waals surface area contributed by atoms with Crippen molar-refractivity contribution in [3.63, 3.8) is 0 Å². The van der Waals surface area contributed by atoms with E-state index in [4.69, 9.17) is 9.47 Å². The summed E-state index contributed by atoms with van der Waals surface area (Å²) in [6.45, 7) is 3.79. The van der Waals surface area contributed by atoms with Crippen LogP contribution in [0.3, 0.4) is 0 Å². The predicted molar refractivity (Wildman–Crippen MR) is 104 cm³/mol. The average Bonchev–Trinajstić information content (AvgIpc) is 3.01. The molecule has 0 radical (unpaired) electrons. The molecule has 0 fully saturated rings. The number of carbonyl (C=O) groups is 1. The number of carboxylic acids is 1. The summed E-state index contributed by atoms with van der Waals surface area (Å²) >= 11 is 1.32. The lowest BCUT2D eigenvalue weighted by Crippen LogP contribution is -2.50. The number of benzene rings is 2. The lowest BCUT2D eigenvalue weighted by molar-refractivity contribution is -0.160. The van der Waals surface area contributed by atoms with Crippen molar-refractivity contribution < 1.29 is 19.4 Å². The third kappa shape index (κ3) is 3.59. The van der Waals surface area contributed by atoms with Crippen molar-refractivity contribution in [2.75, 3.05) is 7.11 Å². The molecular formula is C21H21NO4S. The summed E-state index contributed by atoms with van der Waals surface area (Å²) in [5.74, 6) is -1.13. The SMILES string of the molecule is COC(c1ccccc1)(c1ccccc1)C(Oc1nc(C)c(C)s1)C(=O)O. The first kappa shape index (κ1) is 19.1. The molecule has 1 atom stereocenters. The zero-order chi connectivity index (χ0) is 19.4. The second kappa shape index (κ2) is 7.90. The molecule has 0 saturated heterocycles. The first-order valence-electron chi connectivity index (χ1n) is 8.48. The fourth-order valence-corrected chi connectivity index (χ4v) is 3.87. The van der Waals surface area contributed by atoms with Gasteiger partial charge in [0.25, 0.3) is 5.19 Å². The van der Waals surface area contributed by atoms with E-state index in [9.17, 15) is 9.90 Å². The van der Waals surface area contributed by atoms with Gasteiger partial charge in [-0.05, 0) is 25.0 Å². The molecule has 0 aliphatic rings. The smallest absolute Gasteiger partial charge is 0.348 e. The first-order valence-corrected chi connectivity index (χ1v) is 9.30. The van der Waals surface area contributed by atoms with E-state index in [0.29, 0.717) is 16.3 Å². The summed E-state index contributed by atoms with van der Waals surface area (Å²) < 4.78 is 11.8. The van der Waals surface area contributed by atoms with Crippen LogP contribution in [0, 0.1) is 13.8 Å². The highest BCUT2D eigenvalue weighted by atomic mass is 32.1. The minimum absolute atomic E-state index is 0.311. The van der Waals surface area contributed by atoms with Crippen LogP contribution < -0.4 is 4.74 Å². The van der Waals surface area contributed by atoms with Gasteiger partial charge < -0.3 is 14.6 Å². The van der Waals surface area contributed by atoms with E-state index in [1.165, 1.54) is 18.4 Å². The number of ether oxygens (including phenoxy) is 2. The molecule has 1 N–H and O–H groups in total. The Bertz CT molecular complexity index is 849. The number of thiazole rings is 1. The molecule has 3 rings (SSSR count). The highest BCUT2D eigenvalue weighted by molar-refractivity contribution is 7.13. The van der Waals surface area contributed by atoms with E-state index < -0.39 is 17.7 Å². The zero-order valence-corrected chi connectivity index (χ0v) is 16.2. The van der Waals surface area contributed by atoms with Crippen LogP contribution in [0.25, 0.3) is 0 Å². The summed E-state index contributed by atoms with van der Waals surface area (Å²) in [6.07, 6.45) is -1.32. The van der Waals surface area contributed by atoms with Crippen LogP contribution in [0.5, 0.6) is 5.19 Å². The Morgan fingerprint density at radius 2 is 1.56 bits per heavy atom. The van der Waals surface area contributed by atoms with Crippen molar-refractivity contribution in [2.24, 2.45) is 0 Å². The average molecular weight is 383 g/mol. The third-order valence-electron chi connectivity index (χ3n) is 4.55. The normalized spacial score (nSPS) is 12.6. The molecule has 3 aromatic rings. The minimum Gasteiger partial charge on any atom is -0.478 e. The Balaban J connectivity index is 2.18. The van der Waals surface area contributed by atoms with E-state index in [0.717, 1.165) is 10.6 Å². The highest BCUT2D eigenvalue weighted by Crippen LogP contribution is 2.39. The van der Waals surface area contributed by atoms with E-state index >= 15 is 0 Å². The molecule has 1 heterocycles. The monoisotopic (exact) mass is 383 g/mol. The number of hydrogen-bond acceptors (Lipinski definition) is 5. The standard InChI is InChI=1S/C21H21NO4S/c1-14-15(2)27-20(22-14)26-18(19(23)24)21(25-3,16-10-6-4-7-11-16)17-12-8-5-9-13-17/h4-13,18H,1-3H3,(H,23,24). The van der Waals surface area contributed by atoms with Crippen molar-refractivity contribution in [3.05, 3.63) is 82.4 Å². The number of nitrogens with zero attached hydrogens (tertiary/aromatic N) is 1. The fraction of sp³-hybridized carbons (Fsp3) is 0.238.